The number of likely N-dealkylation sites (tertiary alicyclic amines) is 1. The molecule has 0 aromatic heterocycles. The van der Waals surface area contributed by atoms with Crippen molar-refractivity contribution in [3.8, 4) is 0 Å². The lowest BCUT2D eigenvalue weighted by Crippen LogP contribution is -2.47. The van der Waals surface area contributed by atoms with Gasteiger partial charge >= 0.3 is 0 Å². The van der Waals surface area contributed by atoms with E-state index in [1.54, 1.807) is 0 Å². The van der Waals surface area contributed by atoms with Crippen molar-refractivity contribution in [1.82, 2.24) is 10.2 Å². The Bertz CT molecular complexity index is 258. The molecule has 2 aliphatic rings. The van der Waals surface area contributed by atoms with Gasteiger partial charge in [0.05, 0.1) is 0 Å². The molecule has 0 saturated carbocycles. The molecule has 2 rings (SSSR count). The second-order valence-electron chi connectivity index (χ2n) is 7.89. The molecule has 0 bridgehead atoms. The van der Waals surface area contributed by atoms with Crippen LogP contribution in [0.2, 0.25) is 0 Å². The van der Waals surface area contributed by atoms with Gasteiger partial charge in [-0.25, -0.2) is 0 Å². The third kappa shape index (κ3) is 4.19. The zero-order chi connectivity index (χ0) is 13.9. The molecule has 1 atom stereocenters. The van der Waals surface area contributed by atoms with Crippen molar-refractivity contribution < 1.29 is 0 Å². The summed E-state index contributed by atoms with van der Waals surface area (Å²) in [5.74, 6) is 2.71. The van der Waals surface area contributed by atoms with E-state index in [1.165, 1.54) is 58.4 Å². The van der Waals surface area contributed by atoms with E-state index < -0.39 is 0 Å². The van der Waals surface area contributed by atoms with Crippen LogP contribution in [0.1, 0.15) is 53.4 Å². The summed E-state index contributed by atoms with van der Waals surface area (Å²) in [6.45, 7) is 16.2. The van der Waals surface area contributed by atoms with Gasteiger partial charge in [0.1, 0.15) is 0 Å². The van der Waals surface area contributed by atoms with E-state index in [-0.39, 0.29) is 0 Å². The summed E-state index contributed by atoms with van der Waals surface area (Å²) in [6.07, 6.45) is 5.61. The zero-order valence-corrected chi connectivity index (χ0v) is 13.5. The van der Waals surface area contributed by atoms with Gasteiger partial charge in [0.15, 0.2) is 0 Å². The van der Waals surface area contributed by atoms with Crippen molar-refractivity contribution in [2.24, 2.45) is 23.2 Å². The highest BCUT2D eigenvalue weighted by Gasteiger charge is 2.33. The standard InChI is InChI=1S/C17H34N2/c1-14(2)15-7-10-19(11-8-15)13-17(3,4)16-6-5-9-18-12-16/h14-16,18H,5-13H2,1-4H3. The highest BCUT2D eigenvalue weighted by Crippen LogP contribution is 2.34. The summed E-state index contributed by atoms with van der Waals surface area (Å²) in [5, 5.41) is 3.58. The molecule has 19 heavy (non-hydrogen) atoms. The molecule has 2 nitrogen and oxygen atoms in total. The maximum Gasteiger partial charge on any atom is 0.00358 e. The lowest BCUT2D eigenvalue weighted by molar-refractivity contribution is 0.0704. The summed E-state index contributed by atoms with van der Waals surface area (Å²) in [5.41, 5.74) is 0.470. The van der Waals surface area contributed by atoms with E-state index in [9.17, 15) is 0 Å². The quantitative estimate of drug-likeness (QED) is 0.839. The van der Waals surface area contributed by atoms with Crippen molar-refractivity contribution in [3.05, 3.63) is 0 Å². The predicted octanol–water partition coefficient (Wildman–Crippen LogP) is 3.38. The third-order valence-electron chi connectivity index (χ3n) is 5.61. The topological polar surface area (TPSA) is 15.3 Å². The largest absolute Gasteiger partial charge is 0.316 e. The third-order valence-corrected chi connectivity index (χ3v) is 5.61. The van der Waals surface area contributed by atoms with Crippen LogP contribution in [0.4, 0.5) is 0 Å². The Morgan fingerprint density at radius 2 is 1.84 bits per heavy atom. The Morgan fingerprint density at radius 1 is 1.16 bits per heavy atom. The lowest BCUT2D eigenvalue weighted by atomic mass is 9.74. The van der Waals surface area contributed by atoms with Crippen LogP contribution >= 0.6 is 0 Å². The van der Waals surface area contributed by atoms with Crippen LogP contribution in [0.25, 0.3) is 0 Å². The summed E-state index contributed by atoms with van der Waals surface area (Å²) in [6, 6.07) is 0. The van der Waals surface area contributed by atoms with Crippen LogP contribution in [-0.2, 0) is 0 Å². The molecule has 2 heterocycles. The summed E-state index contributed by atoms with van der Waals surface area (Å²) in [7, 11) is 0. The van der Waals surface area contributed by atoms with E-state index in [1.807, 2.05) is 0 Å². The molecular formula is C17H34N2. The minimum absolute atomic E-state index is 0.470. The number of nitrogens with one attached hydrogen (secondary N) is 1. The Morgan fingerprint density at radius 3 is 2.37 bits per heavy atom. The molecule has 2 saturated heterocycles. The molecule has 1 unspecified atom stereocenters. The molecule has 2 heteroatoms. The molecule has 0 spiro atoms. The van der Waals surface area contributed by atoms with Gasteiger partial charge in [-0.15, -0.1) is 0 Å². The first kappa shape index (κ1) is 15.3. The summed E-state index contributed by atoms with van der Waals surface area (Å²) in [4.78, 5) is 2.73. The van der Waals surface area contributed by atoms with Crippen molar-refractivity contribution in [2.45, 2.75) is 53.4 Å². The van der Waals surface area contributed by atoms with E-state index >= 15 is 0 Å². The molecule has 0 aliphatic carbocycles. The Balaban J connectivity index is 1.80. The van der Waals surface area contributed by atoms with Gasteiger partial charge in [0.25, 0.3) is 0 Å². The first-order chi connectivity index (χ1) is 8.99. The number of hydrogen-bond donors (Lipinski definition) is 1. The second-order valence-corrected chi connectivity index (χ2v) is 7.89. The Labute approximate surface area is 120 Å². The van der Waals surface area contributed by atoms with Gasteiger partial charge in [-0.05, 0) is 75.0 Å². The number of hydrogen-bond acceptors (Lipinski definition) is 2. The predicted molar refractivity (Wildman–Crippen MR) is 83.4 cm³/mol. The SMILES string of the molecule is CC(C)C1CCN(CC(C)(C)C2CCCNC2)CC1. The molecule has 2 fully saturated rings. The average Bonchev–Trinajstić information content (AvgIpc) is 2.40. The van der Waals surface area contributed by atoms with Gasteiger partial charge in [-0.2, -0.15) is 0 Å². The van der Waals surface area contributed by atoms with Crippen LogP contribution in [0.15, 0.2) is 0 Å². The van der Waals surface area contributed by atoms with E-state index in [0.29, 0.717) is 5.41 Å². The number of rotatable bonds is 4. The van der Waals surface area contributed by atoms with E-state index in [2.05, 4.69) is 37.9 Å². The monoisotopic (exact) mass is 266 g/mol. The lowest BCUT2D eigenvalue weighted by Gasteiger charge is -2.43. The molecule has 112 valence electrons. The van der Waals surface area contributed by atoms with Crippen molar-refractivity contribution in [1.29, 1.82) is 0 Å². The number of piperidine rings is 2. The molecule has 2 aliphatic heterocycles. The molecule has 0 amide bonds. The molecule has 1 N–H and O–H groups in total. The summed E-state index contributed by atoms with van der Waals surface area (Å²) >= 11 is 0. The second kappa shape index (κ2) is 6.58. The van der Waals surface area contributed by atoms with Gasteiger partial charge in [0, 0.05) is 6.54 Å². The zero-order valence-electron chi connectivity index (χ0n) is 13.5. The fourth-order valence-electron chi connectivity index (χ4n) is 4.00. The van der Waals surface area contributed by atoms with Gasteiger partial charge < -0.3 is 10.2 Å². The first-order valence-corrected chi connectivity index (χ1v) is 8.42. The van der Waals surface area contributed by atoms with Crippen LogP contribution in [-0.4, -0.2) is 37.6 Å². The molecule has 0 radical (unpaired) electrons. The van der Waals surface area contributed by atoms with Gasteiger partial charge in [-0.1, -0.05) is 27.7 Å². The van der Waals surface area contributed by atoms with Crippen LogP contribution in [0.5, 0.6) is 0 Å². The van der Waals surface area contributed by atoms with Crippen molar-refractivity contribution in [3.63, 3.8) is 0 Å². The van der Waals surface area contributed by atoms with Crippen molar-refractivity contribution >= 4 is 0 Å². The first-order valence-electron chi connectivity index (χ1n) is 8.42. The van der Waals surface area contributed by atoms with Gasteiger partial charge in [0.2, 0.25) is 0 Å². The van der Waals surface area contributed by atoms with Crippen LogP contribution < -0.4 is 5.32 Å². The Kier molecular flexibility index (Phi) is 5.30. The minimum atomic E-state index is 0.470. The Hall–Kier alpha value is -0.0800. The fraction of sp³-hybridized carbons (Fsp3) is 1.00. The molecule has 0 aromatic rings. The van der Waals surface area contributed by atoms with E-state index in [0.717, 1.165) is 17.8 Å². The average molecular weight is 266 g/mol. The van der Waals surface area contributed by atoms with E-state index in [4.69, 9.17) is 0 Å². The maximum absolute atomic E-state index is 3.58. The highest BCUT2D eigenvalue weighted by molar-refractivity contribution is 4.87. The highest BCUT2D eigenvalue weighted by atomic mass is 15.1. The minimum Gasteiger partial charge on any atom is -0.316 e. The maximum atomic E-state index is 3.58. The summed E-state index contributed by atoms with van der Waals surface area (Å²) < 4.78 is 0. The van der Waals surface area contributed by atoms with Gasteiger partial charge in [-0.3, -0.25) is 0 Å². The molecular weight excluding hydrogens is 232 g/mol. The van der Waals surface area contributed by atoms with Crippen LogP contribution in [0.3, 0.4) is 0 Å². The van der Waals surface area contributed by atoms with Crippen molar-refractivity contribution in [2.75, 3.05) is 32.7 Å². The molecule has 0 aromatic carbocycles. The smallest absolute Gasteiger partial charge is 0.00358 e. The fourth-order valence-corrected chi connectivity index (χ4v) is 4.00. The number of nitrogens with zero attached hydrogens (tertiary/aromatic N) is 1. The van der Waals surface area contributed by atoms with Crippen LogP contribution in [0, 0.1) is 23.2 Å². The normalized spacial score (nSPS) is 27.9.